The van der Waals surface area contributed by atoms with Gasteiger partial charge in [-0.05, 0) is 83.3 Å². The van der Waals surface area contributed by atoms with Gasteiger partial charge < -0.3 is 25.1 Å². The van der Waals surface area contributed by atoms with E-state index in [1.54, 1.807) is 0 Å². The predicted octanol–water partition coefficient (Wildman–Crippen LogP) is 3.29. The van der Waals surface area contributed by atoms with Gasteiger partial charge in [0.15, 0.2) is 12.3 Å². The zero-order valence-corrected chi connectivity index (χ0v) is 24.9. The summed E-state index contributed by atoms with van der Waals surface area (Å²) in [4.78, 5) is 56.1. The summed E-state index contributed by atoms with van der Waals surface area (Å²) in [6, 6.07) is 11.5. The number of para-hydroxylation sites is 1. The first-order chi connectivity index (χ1) is 20.2. The van der Waals surface area contributed by atoms with Gasteiger partial charge >= 0.3 is 6.09 Å². The van der Waals surface area contributed by atoms with Crippen LogP contribution in [0.15, 0.2) is 36.4 Å². The van der Waals surface area contributed by atoms with E-state index in [1.165, 1.54) is 4.90 Å². The Morgan fingerprint density at radius 3 is 2.60 bits per heavy atom. The summed E-state index contributed by atoms with van der Waals surface area (Å²) in [5, 5.41) is 15.5. The van der Waals surface area contributed by atoms with Crippen molar-refractivity contribution >= 4 is 28.8 Å². The maximum absolute atomic E-state index is 14.0. The number of piperazine rings is 1. The molecule has 4 heterocycles. The SMILES string of the molecule is CC(C)C[C@H]1ON(C(=O)O)[C@H]2CN(C3CCN(C)CC3)C(=O)[C@H](CCCCNCc3ccc4ccccc4n3)N2C1=O. The third kappa shape index (κ3) is 6.68. The van der Waals surface area contributed by atoms with Crippen LogP contribution in [0.2, 0.25) is 0 Å². The fourth-order valence-electron chi connectivity index (χ4n) is 6.43. The molecule has 3 aliphatic heterocycles. The van der Waals surface area contributed by atoms with Gasteiger partial charge in [0.25, 0.3) is 5.91 Å². The van der Waals surface area contributed by atoms with Gasteiger partial charge in [0.2, 0.25) is 5.91 Å². The largest absolute Gasteiger partial charge is 0.463 e. The molecule has 0 bridgehead atoms. The number of piperidine rings is 1. The van der Waals surface area contributed by atoms with Crippen molar-refractivity contribution in [2.45, 2.75) is 83.3 Å². The van der Waals surface area contributed by atoms with E-state index in [2.05, 4.69) is 23.3 Å². The molecule has 0 spiro atoms. The Morgan fingerprint density at radius 2 is 1.86 bits per heavy atom. The molecule has 3 saturated heterocycles. The summed E-state index contributed by atoms with van der Waals surface area (Å²) < 4.78 is 0. The van der Waals surface area contributed by atoms with Crippen LogP contribution >= 0.6 is 0 Å². The molecule has 1 aromatic carbocycles. The molecule has 2 N–H and O–H groups in total. The molecule has 2 aromatic rings. The van der Waals surface area contributed by atoms with Crippen molar-refractivity contribution in [1.82, 2.24) is 30.1 Å². The Hall–Kier alpha value is -3.28. The van der Waals surface area contributed by atoms with E-state index in [-0.39, 0.29) is 30.3 Å². The monoisotopic (exact) mass is 580 g/mol. The fourth-order valence-corrected chi connectivity index (χ4v) is 6.43. The Labute approximate surface area is 247 Å². The molecule has 5 rings (SSSR count). The van der Waals surface area contributed by atoms with Crippen molar-refractivity contribution in [3.05, 3.63) is 42.1 Å². The molecule has 0 saturated carbocycles. The minimum atomic E-state index is -1.24. The molecular weight excluding hydrogens is 536 g/mol. The van der Waals surface area contributed by atoms with Crippen LogP contribution in [0, 0.1) is 5.92 Å². The van der Waals surface area contributed by atoms with Gasteiger partial charge in [-0.2, -0.15) is 5.06 Å². The fraction of sp³-hybridized carbons (Fsp3) is 0.613. The van der Waals surface area contributed by atoms with Gasteiger partial charge in [0.05, 0.1) is 17.8 Å². The summed E-state index contributed by atoms with van der Waals surface area (Å²) in [5.74, 6) is -0.227. The molecule has 3 fully saturated rings. The average Bonchev–Trinajstić information content (AvgIpc) is 2.97. The van der Waals surface area contributed by atoms with Crippen LogP contribution < -0.4 is 5.32 Å². The molecule has 11 heteroatoms. The van der Waals surface area contributed by atoms with Crippen molar-refractivity contribution < 1.29 is 24.3 Å². The number of rotatable bonds is 10. The van der Waals surface area contributed by atoms with Gasteiger partial charge in [0, 0.05) is 18.0 Å². The Balaban J connectivity index is 1.25. The van der Waals surface area contributed by atoms with Crippen molar-refractivity contribution in [2.24, 2.45) is 5.92 Å². The van der Waals surface area contributed by atoms with Crippen LogP contribution in [0.3, 0.4) is 0 Å². The molecule has 3 aliphatic rings. The maximum atomic E-state index is 14.0. The van der Waals surface area contributed by atoms with Crippen LogP contribution in [-0.4, -0.2) is 105 Å². The lowest BCUT2D eigenvalue weighted by Gasteiger charge is -2.54. The second kappa shape index (κ2) is 13.4. The lowest BCUT2D eigenvalue weighted by Crippen LogP contribution is -2.74. The summed E-state index contributed by atoms with van der Waals surface area (Å²) in [7, 11) is 2.07. The van der Waals surface area contributed by atoms with E-state index in [1.807, 2.05) is 49.1 Å². The summed E-state index contributed by atoms with van der Waals surface area (Å²) in [6.45, 7) is 7.21. The first-order valence-corrected chi connectivity index (χ1v) is 15.3. The number of carbonyl (C=O) groups excluding carboxylic acids is 2. The molecule has 0 aliphatic carbocycles. The van der Waals surface area contributed by atoms with Crippen LogP contribution in [0.25, 0.3) is 10.9 Å². The number of amides is 3. The van der Waals surface area contributed by atoms with E-state index < -0.39 is 24.4 Å². The summed E-state index contributed by atoms with van der Waals surface area (Å²) in [6.07, 6.45) is 1.03. The highest BCUT2D eigenvalue weighted by Gasteiger charge is 2.53. The van der Waals surface area contributed by atoms with Gasteiger partial charge in [-0.3, -0.25) is 19.4 Å². The third-order valence-corrected chi connectivity index (χ3v) is 8.67. The molecule has 11 nitrogen and oxygen atoms in total. The standard InChI is InChI=1S/C31H44N6O5/c1-21(2)18-27-30(39)36-26(10-6-7-15-32-19-23-12-11-22-8-4-5-9-25(22)33-23)29(38)35(24-13-16-34(3)17-14-24)20-28(36)37(42-27)31(40)41/h4-5,8-9,11-12,21,24,26-28,32H,6-7,10,13-20H2,1-3H3,(H,40,41)/t26-,27+,28-/m0/s1. The number of likely N-dealkylation sites (tertiary alicyclic amines) is 1. The van der Waals surface area contributed by atoms with E-state index in [9.17, 15) is 19.5 Å². The molecule has 3 atom stereocenters. The number of nitrogens with one attached hydrogen (secondary N) is 1. The number of carbonyl (C=O) groups is 3. The predicted molar refractivity (Wildman–Crippen MR) is 158 cm³/mol. The average molecular weight is 581 g/mol. The zero-order valence-electron chi connectivity index (χ0n) is 24.9. The zero-order chi connectivity index (χ0) is 29.8. The van der Waals surface area contributed by atoms with E-state index in [0.29, 0.717) is 19.4 Å². The number of unbranched alkanes of at least 4 members (excludes halogenated alkanes) is 1. The quantitative estimate of drug-likeness (QED) is 0.411. The van der Waals surface area contributed by atoms with E-state index >= 15 is 0 Å². The third-order valence-electron chi connectivity index (χ3n) is 8.67. The van der Waals surface area contributed by atoms with Crippen molar-refractivity contribution in [3.63, 3.8) is 0 Å². The lowest BCUT2D eigenvalue weighted by atomic mass is 9.95. The Morgan fingerprint density at radius 1 is 1.10 bits per heavy atom. The number of hydrogen-bond acceptors (Lipinski definition) is 7. The van der Waals surface area contributed by atoms with Crippen molar-refractivity contribution in [2.75, 3.05) is 33.2 Å². The molecule has 228 valence electrons. The minimum absolute atomic E-state index is 0.0219. The van der Waals surface area contributed by atoms with Crippen LogP contribution in [-0.2, 0) is 21.0 Å². The molecule has 0 radical (unpaired) electrons. The van der Waals surface area contributed by atoms with Gasteiger partial charge in [-0.1, -0.05) is 38.1 Å². The highest BCUT2D eigenvalue weighted by molar-refractivity contribution is 5.92. The van der Waals surface area contributed by atoms with Crippen LogP contribution in [0.5, 0.6) is 0 Å². The smallest absolute Gasteiger partial charge is 0.433 e. The number of pyridine rings is 1. The lowest BCUT2D eigenvalue weighted by molar-refractivity contribution is -0.268. The molecule has 42 heavy (non-hydrogen) atoms. The van der Waals surface area contributed by atoms with Crippen molar-refractivity contribution in [1.29, 1.82) is 0 Å². The molecule has 3 amide bonds. The van der Waals surface area contributed by atoms with Gasteiger partial charge in [-0.25, -0.2) is 4.79 Å². The number of benzene rings is 1. The molecule has 1 aromatic heterocycles. The minimum Gasteiger partial charge on any atom is -0.463 e. The first-order valence-electron chi connectivity index (χ1n) is 15.3. The van der Waals surface area contributed by atoms with Gasteiger partial charge in [0.1, 0.15) is 6.04 Å². The van der Waals surface area contributed by atoms with Crippen LogP contribution in [0.4, 0.5) is 4.79 Å². The van der Waals surface area contributed by atoms with Crippen molar-refractivity contribution in [3.8, 4) is 0 Å². The highest BCUT2D eigenvalue weighted by atomic mass is 16.7. The number of carboxylic acid groups (broad SMARTS) is 1. The molecular formula is C31H44N6O5. The molecule has 0 unspecified atom stereocenters. The number of hydroxylamine groups is 2. The Bertz CT molecular complexity index is 1270. The number of nitrogens with zero attached hydrogens (tertiary/aromatic N) is 5. The van der Waals surface area contributed by atoms with Gasteiger partial charge in [-0.15, -0.1) is 0 Å². The van der Waals surface area contributed by atoms with E-state index in [0.717, 1.165) is 67.0 Å². The van der Waals surface area contributed by atoms with E-state index in [4.69, 9.17) is 9.82 Å². The summed E-state index contributed by atoms with van der Waals surface area (Å²) >= 11 is 0. The maximum Gasteiger partial charge on any atom is 0.433 e. The normalized spacial score (nSPS) is 24.1. The highest BCUT2D eigenvalue weighted by Crippen LogP contribution is 2.33. The van der Waals surface area contributed by atoms with Crippen LogP contribution in [0.1, 0.15) is 58.1 Å². The first kappa shape index (κ1) is 30.2. The number of hydrogen-bond donors (Lipinski definition) is 2. The number of fused-ring (bicyclic) bond motifs is 2. The second-order valence-corrected chi connectivity index (χ2v) is 12.3. The number of aromatic nitrogens is 1. The topological polar surface area (TPSA) is 119 Å². The second-order valence-electron chi connectivity index (χ2n) is 12.3. The Kier molecular flexibility index (Phi) is 9.60. The summed E-state index contributed by atoms with van der Waals surface area (Å²) in [5.41, 5.74) is 1.94.